The molecule has 0 saturated carbocycles. The molecule has 0 amide bonds. The molecule has 0 fully saturated rings. The molecule has 1 atom stereocenters. The first kappa shape index (κ1) is 14.0. The minimum Gasteiger partial charge on any atom is -0.396 e. The molecule has 1 unspecified atom stereocenters. The molecule has 4 N–H and O–H groups in total. The van der Waals surface area contributed by atoms with Crippen molar-refractivity contribution in [3.8, 4) is 0 Å². The normalized spacial score (nSPS) is 12.4. The van der Waals surface area contributed by atoms with Crippen molar-refractivity contribution in [2.45, 2.75) is 38.6 Å². The van der Waals surface area contributed by atoms with Crippen LogP contribution in [0.25, 0.3) is 0 Å². The Kier molecular flexibility index (Phi) is 6.67. The van der Waals surface area contributed by atoms with Gasteiger partial charge in [-0.2, -0.15) is 0 Å². The molecule has 1 aromatic carbocycles. The summed E-state index contributed by atoms with van der Waals surface area (Å²) in [5.41, 5.74) is 8.16. The van der Waals surface area contributed by atoms with Crippen LogP contribution >= 0.6 is 0 Å². The Morgan fingerprint density at radius 2 is 2.18 bits per heavy atom. The van der Waals surface area contributed by atoms with Crippen molar-refractivity contribution in [1.82, 2.24) is 0 Å². The molecule has 3 heteroatoms. The van der Waals surface area contributed by atoms with Crippen LogP contribution in [-0.4, -0.2) is 18.3 Å². The number of anilines is 1. The van der Waals surface area contributed by atoms with Crippen LogP contribution in [-0.2, 0) is 0 Å². The molecule has 3 nitrogen and oxygen atoms in total. The van der Waals surface area contributed by atoms with Crippen molar-refractivity contribution in [3.63, 3.8) is 0 Å². The van der Waals surface area contributed by atoms with E-state index in [9.17, 15) is 0 Å². The number of aliphatic hydroxyl groups excluding tert-OH is 1. The largest absolute Gasteiger partial charge is 0.396 e. The highest BCUT2D eigenvalue weighted by molar-refractivity contribution is 5.46. The first-order valence-electron chi connectivity index (χ1n) is 6.48. The Bertz CT molecular complexity index is 315. The van der Waals surface area contributed by atoms with Crippen molar-refractivity contribution < 1.29 is 5.11 Å². The number of unbranched alkanes of at least 4 members (excludes halogenated alkanes) is 2. The van der Waals surface area contributed by atoms with Crippen LogP contribution in [0, 0.1) is 0 Å². The van der Waals surface area contributed by atoms with E-state index in [-0.39, 0.29) is 12.6 Å². The summed E-state index contributed by atoms with van der Waals surface area (Å²) in [4.78, 5) is 0. The van der Waals surface area contributed by atoms with E-state index in [0.29, 0.717) is 6.42 Å². The Hall–Kier alpha value is -1.06. The fourth-order valence-corrected chi connectivity index (χ4v) is 1.79. The lowest BCUT2D eigenvalue weighted by atomic mass is 10.0. The maximum Gasteiger partial charge on any atom is 0.0449 e. The Balaban J connectivity index is 2.47. The standard InChI is InChI=1S/C14H24N2O/c1-2-3-4-9-16-13-7-5-6-12(11-13)14(15)8-10-17/h5-7,11,14,16-17H,2-4,8-10,15H2,1H3. The van der Waals surface area contributed by atoms with Gasteiger partial charge in [0.15, 0.2) is 0 Å². The lowest BCUT2D eigenvalue weighted by Gasteiger charge is -2.13. The fourth-order valence-electron chi connectivity index (χ4n) is 1.79. The van der Waals surface area contributed by atoms with Gasteiger partial charge < -0.3 is 16.2 Å². The number of nitrogens with one attached hydrogen (secondary N) is 1. The summed E-state index contributed by atoms with van der Waals surface area (Å²) in [7, 11) is 0. The van der Waals surface area contributed by atoms with Gasteiger partial charge in [0.1, 0.15) is 0 Å². The van der Waals surface area contributed by atoms with Gasteiger partial charge in [0.05, 0.1) is 0 Å². The second-order valence-corrected chi connectivity index (χ2v) is 4.38. The summed E-state index contributed by atoms with van der Waals surface area (Å²) in [5, 5.41) is 12.3. The summed E-state index contributed by atoms with van der Waals surface area (Å²) in [6.07, 6.45) is 4.31. The quantitative estimate of drug-likeness (QED) is 0.608. The van der Waals surface area contributed by atoms with Gasteiger partial charge in [0.25, 0.3) is 0 Å². The molecule has 0 aliphatic carbocycles. The van der Waals surface area contributed by atoms with Crippen LogP contribution in [0.3, 0.4) is 0 Å². The van der Waals surface area contributed by atoms with E-state index in [1.807, 2.05) is 12.1 Å². The van der Waals surface area contributed by atoms with Crippen LogP contribution in [0.15, 0.2) is 24.3 Å². The summed E-state index contributed by atoms with van der Waals surface area (Å²) in [6.45, 7) is 3.34. The molecule has 0 aliphatic heterocycles. The van der Waals surface area contributed by atoms with Crippen LogP contribution < -0.4 is 11.1 Å². The van der Waals surface area contributed by atoms with Crippen molar-refractivity contribution in [2.75, 3.05) is 18.5 Å². The molecular weight excluding hydrogens is 212 g/mol. The van der Waals surface area contributed by atoms with E-state index in [4.69, 9.17) is 10.8 Å². The molecule has 0 aromatic heterocycles. The zero-order chi connectivity index (χ0) is 12.5. The van der Waals surface area contributed by atoms with E-state index < -0.39 is 0 Å². The maximum atomic E-state index is 8.87. The second-order valence-electron chi connectivity index (χ2n) is 4.38. The second kappa shape index (κ2) is 8.09. The van der Waals surface area contributed by atoms with E-state index in [0.717, 1.165) is 17.8 Å². The van der Waals surface area contributed by atoms with Crippen molar-refractivity contribution in [3.05, 3.63) is 29.8 Å². The maximum absolute atomic E-state index is 8.87. The highest BCUT2D eigenvalue weighted by Crippen LogP contribution is 2.18. The molecule has 96 valence electrons. The van der Waals surface area contributed by atoms with Gasteiger partial charge in [-0.05, 0) is 30.5 Å². The smallest absolute Gasteiger partial charge is 0.0449 e. The number of aliphatic hydroxyl groups is 1. The minimum absolute atomic E-state index is 0.0719. The van der Waals surface area contributed by atoms with Crippen LogP contribution in [0.4, 0.5) is 5.69 Å². The first-order chi connectivity index (χ1) is 8.27. The van der Waals surface area contributed by atoms with Gasteiger partial charge in [-0.3, -0.25) is 0 Å². The Morgan fingerprint density at radius 3 is 2.88 bits per heavy atom. The molecule has 1 rings (SSSR count). The summed E-state index contributed by atoms with van der Waals surface area (Å²) < 4.78 is 0. The van der Waals surface area contributed by atoms with Crippen molar-refractivity contribution >= 4 is 5.69 Å². The number of hydrogen-bond donors (Lipinski definition) is 3. The third kappa shape index (κ3) is 5.20. The van der Waals surface area contributed by atoms with Crippen LogP contribution in [0.2, 0.25) is 0 Å². The van der Waals surface area contributed by atoms with E-state index >= 15 is 0 Å². The van der Waals surface area contributed by atoms with Gasteiger partial charge >= 0.3 is 0 Å². The highest BCUT2D eigenvalue weighted by atomic mass is 16.3. The van der Waals surface area contributed by atoms with Crippen molar-refractivity contribution in [1.29, 1.82) is 0 Å². The van der Waals surface area contributed by atoms with Gasteiger partial charge in [-0.25, -0.2) is 0 Å². The lowest BCUT2D eigenvalue weighted by molar-refractivity contribution is 0.276. The molecule has 0 aliphatic rings. The topological polar surface area (TPSA) is 58.3 Å². The van der Waals surface area contributed by atoms with Gasteiger partial charge in [0.2, 0.25) is 0 Å². The van der Waals surface area contributed by atoms with E-state index in [1.54, 1.807) is 0 Å². The Labute approximate surface area is 104 Å². The molecular formula is C14H24N2O. The van der Waals surface area contributed by atoms with E-state index in [1.165, 1.54) is 19.3 Å². The molecule has 1 aromatic rings. The Morgan fingerprint density at radius 1 is 1.35 bits per heavy atom. The zero-order valence-electron chi connectivity index (χ0n) is 10.7. The van der Waals surface area contributed by atoms with E-state index in [2.05, 4.69) is 24.4 Å². The summed E-state index contributed by atoms with van der Waals surface area (Å²) in [5.74, 6) is 0. The van der Waals surface area contributed by atoms with Crippen LogP contribution in [0.1, 0.15) is 44.2 Å². The zero-order valence-corrected chi connectivity index (χ0v) is 10.7. The van der Waals surface area contributed by atoms with Gasteiger partial charge in [0, 0.05) is 24.9 Å². The SMILES string of the molecule is CCCCCNc1cccc(C(N)CCO)c1. The number of nitrogens with two attached hydrogens (primary N) is 1. The first-order valence-corrected chi connectivity index (χ1v) is 6.48. The number of rotatable bonds is 8. The highest BCUT2D eigenvalue weighted by Gasteiger charge is 2.05. The third-order valence-corrected chi connectivity index (χ3v) is 2.86. The summed E-state index contributed by atoms with van der Waals surface area (Å²) in [6, 6.07) is 8.08. The average molecular weight is 236 g/mol. The molecule has 0 spiro atoms. The predicted octanol–water partition coefficient (Wildman–Crippen LogP) is 2.67. The molecule has 0 bridgehead atoms. The fraction of sp³-hybridized carbons (Fsp3) is 0.571. The molecule has 0 radical (unpaired) electrons. The molecule has 0 heterocycles. The lowest BCUT2D eigenvalue weighted by Crippen LogP contribution is -2.12. The third-order valence-electron chi connectivity index (χ3n) is 2.86. The summed E-state index contributed by atoms with van der Waals surface area (Å²) >= 11 is 0. The number of benzene rings is 1. The van der Waals surface area contributed by atoms with Gasteiger partial charge in [-0.1, -0.05) is 31.9 Å². The molecule has 17 heavy (non-hydrogen) atoms. The minimum atomic E-state index is -0.0719. The predicted molar refractivity (Wildman–Crippen MR) is 73.1 cm³/mol. The van der Waals surface area contributed by atoms with Gasteiger partial charge in [-0.15, -0.1) is 0 Å². The van der Waals surface area contributed by atoms with Crippen molar-refractivity contribution in [2.24, 2.45) is 5.73 Å². The average Bonchev–Trinajstić information content (AvgIpc) is 2.35. The molecule has 0 saturated heterocycles. The van der Waals surface area contributed by atoms with Crippen LogP contribution in [0.5, 0.6) is 0 Å². The number of hydrogen-bond acceptors (Lipinski definition) is 3. The monoisotopic (exact) mass is 236 g/mol.